The lowest BCUT2D eigenvalue weighted by Gasteiger charge is -2.72. The van der Waals surface area contributed by atoms with Crippen LogP contribution < -0.4 is 5.32 Å². The zero-order valence-electron chi connectivity index (χ0n) is 34.1. The number of benzene rings is 1. The third-order valence-electron chi connectivity index (χ3n) is 17.3. The molecule has 0 bridgehead atoms. The molecule has 5 aliphatic carbocycles. The van der Waals surface area contributed by atoms with E-state index < -0.39 is 16.0 Å². The molecule has 1 saturated heterocycles. The Morgan fingerprint density at radius 2 is 1.63 bits per heavy atom. The van der Waals surface area contributed by atoms with Crippen molar-refractivity contribution in [1.29, 1.82) is 0 Å². The second-order valence-electron chi connectivity index (χ2n) is 19.8. The normalized spacial score (nSPS) is 39.5. The van der Waals surface area contributed by atoms with Gasteiger partial charge in [0.25, 0.3) is 0 Å². The topological polar surface area (TPSA) is 90.0 Å². The Kier molecular flexibility index (Phi) is 10.9. The molecule has 0 radical (unpaired) electrons. The standard InChI is InChI=1S/C45H68ClN3O4S/c1-31(2)34-15-20-45(47-24-25-48-26-28-49(29-27-48)54(52,53)30-8-23-46)22-21-43(6)36(39(34)45)13-14-38-42(5)18-16-35(32-9-11-33(12-10-32)40(50)51)41(3,4)37(42)17-19-44(38,43)7/h9-12,16,34,36-39,47H,1,8,13-15,17-30H2,2-7H3,(H,50,51)/t34-,36+,37-,38+,39+,42-,43+,44+,45-/m0/s1. The predicted octanol–water partition coefficient (Wildman–Crippen LogP) is 8.95. The highest BCUT2D eigenvalue weighted by Gasteiger charge is 2.70. The van der Waals surface area contributed by atoms with Crippen molar-refractivity contribution in [3.05, 3.63) is 53.6 Å². The number of fused-ring (bicyclic) bond motifs is 7. The van der Waals surface area contributed by atoms with Crippen LogP contribution in [-0.4, -0.2) is 85.1 Å². The number of halogens is 1. The molecule has 0 unspecified atom stereocenters. The average molecular weight is 783 g/mol. The third-order valence-corrected chi connectivity index (χ3v) is 19.5. The molecular formula is C45H68ClN3O4S. The fourth-order valence-corrected chi connectivity index (χ4v) is 16.2. The van der Waals surface area contributed by atoms with Gasteiger partial charge in [-0.3, -0.25) is 4.90 Å². The van der Waals surface area contributed by atoms with Crippen LogP contribution in [0.4, 0.5) is 0 Å². The lowest BCUT2D eigenvalue weighted by Crippen LogP contribution is -2.68. The van der Waals surface area contributed by atoms with E-state index in [0.717, 1.165) is 32.6 Å². The molecule has 6 aliphatic rings. The molecule has 9 atom stereocenters. The highest BCUT2D eigenvalue weighted by Crippen LogP contribution is 2.76. The van der Waals surface area contributed by atoms with Crippen molar-refractivity contribution in [3.63, 3.8) is 0 Å². The maximum atomic E-state index is 12.8. The number of hydrogen-bond acceptors (Lipinski definition) is 5. The first kappa shape index (κ1) is 40.5. The van der Waals surface area contributed by atoms with Gasteiger partial charge in [-0.1, -0.05) is 65.0 Å². The quantitative estimate of drug-likeness (QED) is 0.172. The summed E-state index contributed by atoms with van der Waals surface area (Å²) in [6, 6.07) is 7.59. The van der Waals surface area contributed by atoms with E-state index in [2.05, 4.69) is 64.4 Å². The number of carboxylic acid groups (broad SMARTS) is 1. The summed E-state index contributed by atoms with van der Waals surface area (Å²) < 4.78 is 27.2. The van der Waals surface area contributed by atoms with Crippen molar-refractivity contribution >= 4 is 33.2 Å². The van der Waals surface area contributed by atoms with Gasteiger partial charge in [0, 0.05) is 50.7 Å². The van der Waals surface area contributed by atoms with E-state index in [1.807, 2.05) is 12.1 Å². The Bertz CT molecular complexity index is 1740. The second kappa shape index (κ2) is 14.6. The van der Waals surface area contributed by atoms with Crippen molar-refractivity contribution in [2.24, 2.45) is 51.2 Å². The van der Waals surface area contributed by atoms with Crippen LogP contribution in [0.5, 0.6) is 0 Å². The number of sulfonamides is 1. The first-order chi connectivity index (χ1) is 25.4. The maximum absolute atomic E-state index is 12.8. The van der Waals surface area contributed by atoms with Crippen LogP contribution in [0.3, 0.4) is 0 Å². The van der Waals surface area contributed by atoms with Crippen LogP contribution in [0.1, 0.15) is 122 Å². The van der Waals surface area contributed by atoms with Gasteiger partial charge in [-0.25, -0.2) is 13.2 Å². The van der Waals surface area contributed by atoms with Crippen molar-refractivity contribution < 1.29 is 18.3 Å². The third kappa shape index (κ3) is 6.48. The molecule has 1 aliphatic heterocycles. The van der Waals surface area contributed by atoms with Gasteiger partial charge in [0.05, 0.1) is 11.3 Å². The van der Waals surface area contributed by atoms with Gasteiger partial charge in [0.1, 0.15) is 0 Å². The number of allylic oxidation sites excluding steroid dienone is 3. The van der Waals surface area contributed by atoms with Crippen molar-refractivity contribution in [3.8, 4) is 0 Å². The highest BCUT2D eigenvalue weighted by molar-refractivity contribution is 7.89. The minimum Gasteiger partial charge on any atom is -0.478 e. The lowest BCUT2D eigenvalue weighted by molar-refractivity contribution is -0.219. The van der Waals surface area contributed by atoms with Crippen LogP contribution in [0, 0.1) is 51.2 Å². The average Bonchev–Trinajstić information content (AvgIpc) is 3.51. The van der Waals surface area contributed by atoms with Crippen LogP contribution in [0.2, 0.25) is 0 Å². The molecule has 0 aromatic heterocycles. The van der Waals surface area contributed by atoms with Gasteiger partial charge in [0.15, 0.2) is 0 Å². The van der Waals surface area contributed by atoms with Gasteiger partial charge < -0.3 is 10.4 Å². The molecular weight excluding hydrogens is 714 g/mol. The van der Waals surface area contributed by atoms with Crippen molar-refractivity contribution in [2.75, 3.05) is 50.9 Å². The summed E-state index contributed by atoms with van der Waals surface area (Å²) in [6.45, 7) is 24.5. The Labute approximate surface area is 331 Å². The van der Waals surface area contributed by atoms with Gasteiger partial charge >= 0.3 is 5.97 Å². The SMILES string of the molecule is C=C(C)[C@@H]1CC[C@]2(NCCN3CCN(S(=O)(=O)CCCCl)CC3)CC[C@]3(C)[C@H](CC[C@@H]4[C@@]5(C)CC=C(c6ccc(C(=O)O)cc6)C(C)(C)[C@@H]5CC[C@]43C)[C@@H]12. The number of hydrogen-bond donors (Lipinski definition) is 2. The molecule has 0 amide bonds. The van der Waals surface area contributed by atoms with E-state index in [4.69, 9.17) is 11.6 Å². The van der Waals surface area contributed by atoms with Gasteiger partial charge in [-0.05, 0) is 146 Å². The number of carbonyl (C=O) groups is 1. The fraction of sp³-hybridized carbons (Fsp3) is 0.756. The second-order valence-corrected chi connectivity index (χ2v) is 22.3. The number of alkyl halides is 1. The minimum atomic E-state index is -3.22. The molecule has 2 N–H and O–H groups in total. The number of rotatable bonds is 11. The number of aromatic carboxylic acids is 1. The molecule has 1 aromatic rings. The van der Waals surface area contributed by atoms with Crippen LogP contribution in [-0.2, 0) is 10.0 Å². The summed E-state index contributed by atoms with van der Waals surface area (Å²) in [7, 11) is -3.22. The van der Waals surface area contributed by atoms with Crippen molar-refractivity contribution in [2.45, 2.75) is 111 Å². The summed E-state index contributed by atoms with van der Waals surface area (Å²) >= 11 is 5.79. The van der Waals surface area contributed by atoms with Gasteiger partial charge in [-0.2, -0.15) is 4.31 Å². The van der Waals surface area contributed by atoms with E-state index in [0.29, 0.717) is 60.5 Å². The Morgan fingerprint density at radius 3 is 2.28 bits per heavy atom. The first-order valence-corrected chi connectivity index (χ1v) is 23.3. The molecule has 1 aromatic carbocycles. The van der Waals surface area contributed by atoms with Crippen LogP contribution in [0.25, 0.3) is 5.57 Å². The minimum absolute atomic E-state index is 0.00406. The van der Waals surface area contributed by atoms with E-state index in [-0.39, 0.29) is 33.0 Å². The number of nitrogens with zero attached hydrogens (tertiary/aromatic N) is 2. The molecule has 300 valence electrons. The monoisotopic (exact) mass is 781 g/mol. The smallest absolute Gasteiger partial charge is 0.335 e. The number of piperazine rings is 1. The first-order valence-electron chi connectivity index (χ1n) is 21.1. The number of carboxylic acids is 1. The molecule has 54 heavy (non-hydrogen) atoms. The van der Waals surface area contributed by atoms with Crippen molar-refractivity contribution in [1.82, 2.24) is 14.5 Å². The van der Waals surface area contributed by atoms with Gasteiger partial charge in [-0.15, -0.1) is 11.6 Å². The molecule has 0 spiro atoms. The summed E-state index contributed by atoms with van der Waals surface area (Å²) in [5.74, 6) is 2.73. The largest absolute Gasteiger partial charge is 0.478 e. The Morgan fingerprint density at radius 1 is 0.926 bits per heavy atom. The summed E-state index contributed by atoms with van der Waals surface area (Å²) in [5, 5.41) is 13.8. The van der Waals surface area contributed by atoms with Crippen LogP contribution in [0.15, 0.2) is 42.5 Å². The number of nitrogens with one attached hydrogen (secondary N) is 1. The molecule has 1 heterocycles. The molecule has 5 fully saturated rings. The maximum Gasteiger partial charge on any atom is 0.335 e. The lowest BCUT2D eigenvalue weighted by atomic mass is 9.33. The summed E-state index contributed by atoms with van der Waals surface area (Å²) in [6.07, 6.45) is 14.2. The molecule has 7 rings (SSSR count). The zero-order valence-corrected chi connectivity index (χ0v) is 35.6. The van der Waals surface area contributed by atoms with E-state index >= 15 is 0 Å². The van der Waals surface area contributed by atoms with E-state index in [1.54, 1.807) is 16.4 Å². The molecule has 9 heteroatoms. The van der Waals surface area contributed by atoms with E-state index in [1.165, 1.54) is 68.1 Å². The Balaban J connectivity index is 1.08. The van der Waals surface area contributed by atoms with Gasteiger partial charge in [0.2, 0.25) is 10.0 Å². The summed E-state index contributed by atoms with van der Waals surface area (Å²) in [4.78, 5) is 14.0. The zero-order chi connectivity index (χ0) is 38.9. The van der Waals surface area contributed by atoms with Crippen LogP contribution >= 0.6 is 11.6 Å². The highest BCUT2D eigenvalue weighted by atomic mass is 35.5. The van der Waals surface area contributed by atoms with E-state index in [9.17, 15) is 18.3 Å². The molecule has 4 saturated carbocycles. The fourth-order valence-electron chi connectivity index (χ4n) is 14.4. The molecule has 7 nitrogen and oxygen atoms in total. The summed E-state index contributed by atoms with van der Waals surface area (Å²) in [5.41, 5.74) is 5.19. The predicted molar refractivity (Wildman–Crippen MR) is 221 cm³/mol. The Hall–Kier alpha value is -1.71.